The summed E-state index contributed by atoms with van der Waals surface area (Å²) < 4.78 is 26.2. The second-order valence-electron chi connectivity index (χ2n) is 7.66. The highest BCUT2D eigenvalue weighted by Crippen LogP contribution is 2.33. The van der Waals surface area contributed by atoms with Crippen LogP contribution in [0.4, 0.5) is 10.1 Å². The maximum absolute atomic E-state index is 13.7. The number of aromatic nitrogens is 2. The molecule has 1 aromatic heterocycles. The molecule has 0 aliphatic rings. The Morgan fingerprint density at radius 3 is 2.44 bits per heavy atom. The molecule has 2 amide bonds. The molecule has 0 saturated carbocycles. The largest absolute Gasteiger partial charge is 0.493 e. The Hall–Kier alpha value is -4.92. The summed E-state index contributed by atoms with van der Waals surface area (Å²) in [4.78, 5) is 24.0. The highest BCUT2D eigenvalue weighted by molar-refractivity contribution is 6.03. The van der Waals surface area contributed by atoms with Gasteiger partial charge in [-0.2, -0.15) is 5.10 Å². The third-order valence-electron chi connectivity index (χ3n) is 5.33. The molecule has 0 aliphatic carbocycles. The van der Waals surface area contributed by atoms with Crippen molar-refractivity contribution in [2.45, 2.75) is 0 Å². The van der Waals surface area contributed by atoms with Gasteiger partial charge in [0.15, 0.2) is 11.5 Å². The molecule has 0 spiro atoms. The van der Waals surface area contributed by atoms with Gasteiger partial charge in [0.2, 0.25) is 5.91 Å². The van der Waals surface area contributed by atoms with Crippen molar-refractivity contribution in [3.63, 3.8) is 0 Å². The van der Waals surface area contributed by atoms with E-state index in [0.717, 1.165) is 17.3 Å². The maximum atomic E-state index is 13.7. The van der Waals surface area contributed by atoms with Crippen molar-refractivity contribution in [2.24, 2.45) is 5.73 Å². The van der Waals surface area contributed by atoms with Gasteiger partial charge in [0.1, 0.15) is 11.5 Å². The topological polar surface area (TPSA) is 108 Å². The van der Waals surface area contributed by atoms with E-state index < -0.39 is 17.6 Å². The smallest absolute Gasteiger partial charge is 0.251 e. The number of para-hydroxylation sites is 1. The molecular formula is C27H23FN4O4. The number of primary amides is 1. The lowest BCUT2D eigenvalue weighted by Gasteiger charge is -2.09. The van der Waals surface area contributed by atoms with E-state index in [9.17, 15) is 14.0 Å². The summed E-state index contributed by atoms with van der Waals surface area (Å²) in [6, 6.07) is 18.6. The number of carbonyl (C=O) groups is 2. The number of hydrogen-bond donors (Lipinski definition) is 2. The fraction of sp³-hybridized carbons (Fsp3) is 0.0741. The van der Waals surface area contributed by atoms with Crippen molar-refractivity contribution in [2.75, 3.05) is 19.5 Å². The fourth-order valence-electron chi connectivity index (χ4n) is 3.57. The van der Waals surface area contributed by atoms with Crippen molar-refractivity contribution in [3.05, 3.63) is 95.9 Å². The molecule has 0 unspecified atom stereocenters. The van der Waals surface area contributed by atoms with Gasteiger partial charge in [-0.15, -0.1) is 0 Å². The molecule has 36 heavy (non-hydrogen) atoms. The van der Waals surface area contributed by atoms with Gasteiger partial charge < -0.3 is 20.5 Å². The summed E-state index contributed by atoms with van der Waals surface area (Å²) in [5.41, 5.74) is 7.98. The first-order valence-corrected chi connectivity index (χ1v) is 10.9. The number of rotatable bonds is 8. The summed E-state index contributed by atoms with van der Waals surface area (Å²) in [6.45, 7) is 0. The van der Waals surface area contributed by atoms with Gasteiger partial charge in [-0.3, -0.25) is 9.59 Å². The Morgan fingerprint density at radius 2 is 1.75 bits per heavy atom. The molecule has 182 valence electrons. The van der Waals surface area contributed by atoms with Crippen LogP contribution in [0, 0.1) is 5.82 Å². The van der Waals surface area contributed by atoms with Crippen LogP contribution in [-0.4, -0.2) is 35.8 Å². The molecule has 3 N–H and O–H groups in total. The predicted octanol–water partition coefficient (Wildman–Crippen LogP) is 4.45. The van der Waals surface area contributed by atoms with Crippen LogP contribution in [0.5, 0.6) is 11.5 Å². The van der Waals surface area contributed by atoms with Crippen LogP contribution in [0.1, 0.15) is 15.9 Å². The summed E-state index contributed by atoms with van der Waals surface area (Å²) in [5, 5.41) is 7.33. The zero-order chi connectivity index (χ0) is 25.7. The molecule has 0 saturated heterocycles. The Balaban J connectivity index is 1.67. The van der Waals surface area contributed by atoms with Gasteiger partial charge in [-0.25, -0.2) is 9.07 Å². The average molecular weight is 487 g/mol. The predicted molar refractivity (Wildman–Crippen MR) is 135 cm³/mol. The molecule has 0 radical (unpaired) electrons. The summed E-state index contributed by atoms with van der Waals surface area (Å²) in [7, 11) is 3.11. The van der Waals surface area contributed by atoms with Crippen LogP contribution < -0.4 is 20.5 Å². The standard InChI is InChI=1S/C27H23FN4O4/c1-35-23-12-8-17(14-24(23)36-2)26-18(16-32(31-26)20-6-4-3-5-7-20)9-13-25(33)30-19-10-11-22(28)21(15-19)27(29)34/h3-16H,1-2H3,(H2,29,34)(H,30,33)/b13-9+. The first-order valence-electron chi connectivity index (χ1n) is 10.9. The normalized spacial score (nSPS) is 10.9. The van der Waals surface area contributed by atoms with Crippen LogP contribution in [0.2, 0.25) is 0 Å². The molecule has 0 bridgehead atoms. The third-order valence-corrected chi connectivity index (χ3v) is 5.33. The van der Waals surface area contributed by atoms with Gasteiger partial charge in [0, 0.05) is 29.1 Å². The Morgan fingerprint density at radius 1 is 1.00 bits per heavy atom. The van der Waals surface area contributed by atoms with Gasteiger partial charge in [-0.1, -0.05) is 18.2 Å². The first-order chi connectivity index (χ1) is 17.4. The van der Waals surface area contributed by atoms with Gasteiger partial charge in [0.05, 0.1) is 25.5 Å². The minimum absolute atomic E-state index is 0.236. The van der Waals surface area contributed by atoms with Crippen LogP contribution in [0.15, 0.2) is 79.0 Å². The van der Waals surface area contributed by atoms with Gasteiger partial charge >= 0.3 is 0 Å². The average Bonchev–Trinajstić information content (AvgIpc) is 3.33. The summed E-state index contributed by atoms with van der Waals surface area (Å²) >= 11 is 0. The number of nitrogens with two attached hydrogens (primary N) is 1. The molecule has 8 nitrogen and oxygen atoms in total. The molecule has 0 atom stereocenters. The van der Waals surface area contributed by atoms with E-state index in [1.807, 2.05) is 36.4 Å². The number of ether oxygens (including phenoxy) is 2. The van der Waals surface area contributed by atoms with Crippen LogP contribution in [0.3, 0.4) is 0 Å². The lowest BCUT2D eigenvalue weighted by molar-refractivity contribution is -0.111. The number of amides is 2. The quantitative estimate of drug-likeness (QED) is 0.358. The van der Waals surface area contributed by atoms with Crippen molar-refractivity contribution in [3.8, 4) is 28.4 Å². The Bertz CT molecular complexity index is 1450. The van der Waals surface area contributed by atoms with Crippen molar-refractivity contribution in [1.82, 2.24) is 9.78 Å². The molecule has 9 heteroatoms. The third kappa shape index (κ3) is 5.25. The van der Waals surface area contributed by atoms with Gasteiger partial charge in [-0.05, 0) is 54.6 Å². The van der Waals surface area contributed by atoms with E-state index in [1.165, 1.54) is 18.2 Å². The molecule has 0 aliphatic heterocycles. The highest BCUT2D eigenvalue weighted by atomic mass is 19.1. The lowest BCUT2D eigenvalue weighted by Crippen LogP contribution is -2.14. The van der Waals surface area contributed by atoms with Crippen LogP contribution >= 0.6 is 0 Å². The van der Waals surface area contributed by atoms with E-state index >= 15 is 0 Å². The molecule has 1 heterocycles. The van der Waals surface area contributed by atoms with E-state index in [1.54, 1.807) is 43.3 Å². The first kappa shape index (κ1) is 24.2. The number of halogens is 1. The monoisotopic (exact) mass is 486 g/mol. The Labute approximate surface area is 206 Å². The zero-order valence-corrected chi connectivity index (χ0v) is 19.6. The van der Waals surface area contributed by atoms with E-state index in [0.29, 0.717) is 22.8 Å². The number of methoxy groups -OCH3 is 2. The molecule has 3 aromatic carbocycles. The zero-order valence-electron chi connectivity index (χ0n) is 19.6. The van der Waals surface area contributed by atoms with E-state index in [4.69, 9.17) is 20.3 Å². The summed E-state index contributed by atoms with van der Waals surface area (Å²) in [5.74, 6) is -1.05. The second kappa shape index (κ2) is 10.6. The number of carbonyl (C=O) groups excluding carboxylic acids is 2. The van der Waals surface area contributed by atoms with Crippen LogP contribution in [0.25, 0.3) is 23.0 Å². The summed E-state index contributed by atoms with van der Waals surface area (Å²) in [6.07, 6.45) is 4.74. The molecule has 0 fully saturated rings. The fourth-order valence-corrected chi connectivity index (χ4v) is 3.57. The van der Waals surface area contributed by atoms with E-state index in [2.05, 4.69) is 5.32 Å². The van der Waals surface area contributed by atoms with Gasteiger partial charge in [0.25, 0.3) is 5.91 Å². The van der Waals surface area contributed by atoms with E-state index in [-0.39, 0.29) is 11.3 Å². The molecular weight excluding hydrogens is 463 g/mol. The minimum atomic E-state index is -0.924. The van der Waals surface area contributed by atoms with Crippen molar-refractivity contribution < 1.29 is 23.5 Å². The molecule has 4 aromatic rings. The Kier molecular flexibility index (Phi) is 7.10. The minimum Gasteiger partial charge on any atom is -0.493 e. The molecule has 4 rings (SSSR count). The second-order valence-corrected chi connectivity index (χ2v) is 7.66. The number of benzene rings is 3. The lowest BCUT2D eigenvalue weighted by atomic mass is 10.1. The van der Waals surface area contributed by atoms with Crippen LogP contribution in [-0.2, 0) is 4.79 Å². The number of nitrogens with zero attached hydrogens (tertiary/aromatic N) is 2. The maximum Gasteiger partial charge on any atom is 0.251 e. The SMILES string of the molecule is COc1ccc(-c2nn(-c3ccccc3)cc2/C=C/C(=O)Nc2ccc(F)c(C(N)=O)c2)cc1OC. The van der Waals surface area contributed by atoms with Crippen molar-refractivity contribution >= 4 is 23.6 Å². The number of hydrogen-bond acceptors (Lipinski definition) is 5. The number of anilines is 1. The number of nitrogens with one attached hydrogen (secondary N) is 1. The van der Waals surface area contributed by atoms with Crippen molar-refractivity contribution in [1.29, 1.82) is 0 Å². The highest BCUT2D eigenvalue weighted by Gasteiger charge is 2.14.